The van der Waals surface area contributed by atoms with E-state index >= 15 is 0 Å². The van der Waals surface area contributed by atoms with Crippen LogP contribution in [0.3, 0.4) is 0 Å². The number of carbonyl (C=O) groups excluding carboxylic acids is 1. The first-order valence-corrected chi connectivity index (χ1v) is 6.83. The number of hydrogen-bond acceptors (Lipinski definition) is 4. The van der Waals surface area contributed by atoms with Gasteiger partial charge in [-0.25, -0.2) is 0 Å². The minimum atomic E-state index is -4.39. The lowest BCUT2D eigenvalue weighted by molar-refractivity contribution is -0.137. The number of nitrogens with one attached hydrogen (secondary N) is 2. The first kappa shape index (κ1) is 19.5. The number of aliphatic hydroxyl groups excluding tert-OH is 1. The topological polar surface area (TPSA) is 70.6 Å². The van der Waals surface area contributed by atoms with Crippen LogP contribution in [-0.4, -0.2) is 43.4 Å². The molecule has 0 aliphatic carbocycles. The van der Waals surface area contributed by atoms with Crippen molar-refractivity contribution in [3.8, 4) is 5.75 Å². The van der Waals surface area contributed by atoms with Crippen LogP contribution >= 0.6 is 12.4 Å². The largest absolute Gasteiger partial charge is 0.491 e. The molecular weight excluding hydrogens is 337 g/mol. The highest BCUT2D eigenvalue weighted by molar-refractivity contribution is 5.85. The van der Waals surface area contributed by atoms with Crippen LogP contribution in [0.4, 0.5) is 13.2 Å². The van der Waals surface area contributed by atoms with E-state index in [1.54, 1.807) is 0 Å². The SMILES string of the molecule is Cl.O=C(NCC(O)COc1ccc(C(F)(F)F)cc1)C1CNC1. The van der Waals surface area contributed by atoms with Gasteiger partial charge in [0.25, 0.3) is 0 Å². The Balaban J connectivity index is 0.00000264. The van der Waals surface area contributed by atoms with Crippen LogP contribution in [0.5, 0.6) is 5.75 Å². The third-order valence-corrected chi connectivity index (χ3v) is 3.29. The Labute approximate surface area is 137 Å². The number of amides is 1. The van der Waals surface area contributed by atoms with Crippen LogP contribution in [-0.2, 0) is 11.0 Å². The maximum absolute atomic E-state index is 12.4. The number of aliphatic hydroxyl groups is 1. The summed E-state index contributed by atoms with van der Waals surface area (Å²) in [6, 6.07) is 4.20. The molecule has 1 heterocycles. The Morgan fingerprint density at radius 2 is 1.96 bits per heavy atom. The zero-order valence-electron chi connectivity index (χ0n) is 12.1. The fourth-order valence-electron chi connectivity index (χ4n) is 1.83. The van der Waals surface area contributed by atoms with Gasteiger partial charge in [-0.2, -0.15) is 13.2 Å². The number of halogens is 4. The molecule has 1 amide bonds. The Morgan fingerprint density at radius 1 is 1.35 bits per heavy atom. The molecule has 1 aromatic rings. The number of rotatable bonds is 6. The van der Waals surface area contributed by atoms with Crippen molar-refractivity contribution < 1.29 is 27.8 Å². The van der Waals surface area contributed by atoms with Crippen molar-refractivity contribution in [3.05, 3.63) is 29.8 Å². The van der Waals surface area contributed by atoms with Crippen LogP contribution in [0, 0.1) is 5.92 Å². The van der Waals surface area contributed by atoms with E-state index in [0.29, 0.717) is 13.1 Å². The monoisotopic (exact) mass is 354 g/mol. The summed E-state index contributed by atoms with van der Waals surface area (Å²) >= 11 is 0. The quantitative estimate of drug-likeness (QED) is 0.718. The molecule has 1 fully saturated rings. The first-order valence-electron chi connectivity index (χ1n) is 6.83. The van der Waals surface area contributed by atoms with E-state index in [4.69, 9.17) is 4.74 Å². The molecule has 5 nitrogen and oxygen atoms in total. The molecule has 1 atom stereocenters. The predicted molar refractivity (Wildman–Crippen MR) is 79.6 cm³/mol. The average molecular weight is 355 g/mol. The number of ether oxygens (including phenoxy) is 1. The normalized spacial score (nSPS) is 16.0. The summed E-state index contributed by atoms with van der Waals surface area (Å²) in [7, 11) is 0. The van der Waals surface area contributed by atoms with Gasteiger partial charge in [0.2, 0.25) is 5.91 Å². The zero-order chi connectivity index (χ0) is 16.2. The summed E-state index contributed by atoms with van der Waals surface area (Å²) in [5.74, 6) is 0.0249. The molecule has 1 aromatic carbocycles. The van der Waals surface area contributed by atoms with E-state index < -0.39 is 17.8 Å². The lowest BCUT2D eigenvalue weighted by Crippen LogP contribution is -2.52. The molecule has 3 N–H and O–H groups in total. The third-order valence-electron chi connectivity index (χ3n) is 3.29. The van der Waals surface area contributed by atoms with Gasteiger partial charge in [-0.1, -0.05) is 0 Å². The molecule has 130 valence electrons. The minimum Gasteiger partial charge on any atom is -0.491 e. The Hall–Kier alpha value is -1.51. The molecule has 9 heteroatoms. The van der Waals surface area contributed by atoms with Crippen LogP contribution in [0.1, 0.15) is 5.56 Å². The molecule has 0 bridgehead atoms. The summed E-state index contributed by atoms with van der Waals surface area (Å²) in [4.78, 5) is 11.5. The second-order valence-corrected chi connectivity index (χ2v) is 5.09. The first-order chi connectivity index (χ1) is 10.4. The predicted octanol–water partition coefficient (Wildman–Crippen LogP) is 1.20. The summed E-state index contributed by atoms with van der Waals surface area (Å²) in [6.07, 6.45) is -5.32. The molecule has 2 rings (SSSR count). The summed E-state index contributed by atoms with van der Waals surface area (Å²) < 4.78 is 42.3. The van der Waals surface area contributed by atoms with Gasteiger partial charge in [-0.15, -0.1) is 12.4 Å². The molecule has 0 saturated carbocycles. The zero-order valence-corrected chi connectivity index (χ0v) is 12.9. The third kappa shape index (κ3) is 5.89. The van der Waals surface area contributed by atoms with Crippen molar-refractivity contribution in [1.29, 1.82) is 0 Å². The van der Waals surface area contributed by atoms with E-state index in [1.165, 1.54) is 12.1 Å². The molecular formula is C14H18ClF3N2O3. The van der Waals surface area contributed by atoms with E-state index in [9.17, 15) is 23.1 Å². The Morgan fingerprint density at radius 3 is 2.43 bits per heavy atom. The summed E-state index contributed by atoms with van der Waals surface area (Å²) in [5.41, 5.74) is -0.762. The van der Waals surface area contributed by atoms with E-state index in [0.717, 1.165) is 12.1 Å². The number of benzene rings is 1. The van der Waals surface area contributed by atoms with E-state index in [2.05, 4.69) is 10.6 Å². The fourth-order valence-corrected chi connectivity index (χ4v) is 1.83. The molecule has 1 saturated heterocycles. The van der Waals surface area contributed by atoms with Crippen LogP contribution in [0.25, 0.3) is 0 Å². The number of hydrogen-bond donors (Lipinski definition) is 3. The van der Waals surface area contributed by atoms with Crippen molar-refractivity contribution in [2.75, 3.05) is 26.2 Å². The van der Waals surface area contributed by atoms with Crippen molar-refractivity contribution in [2.45, 2.75) is 12.3 Å². The molecule has 1 unspecified atom stereocenters. The molecule has 0 radical (unpaired) electrons. The average Bonchev–Trinajstić information content (AvgIpc) is 2.40. The van der Waals surface area contributed by atoms with Gasteiger partial charge in [0, 0.05) is 19.6 Å². The van der Waals surface area contributed by atoms with E-state index in [1.807, 2.05) is 0 Å². The maximum Gasteiger partial charge on any atom is 0.416 e. The van der Waals surface area contributed by atoms with Crippen molar-refractivity contribution in [3.63, 3.8) is 0 Å². The standard InChI is InChI=1S/C14H17F3N2O3.ClH/c15-14(16,17)10-1-3-12(4-2-10)22-8-11(20)7-19-13(21)9-5-18-6-9;/h1-4,9,11,18,20H,5-8H2,(H,19,21);1H. The van der Waals surface area contributed by atoms with Gasteiger partial charge in [0.1, 0.15) is 18.5 Å². The van der Waals surface area contributed by atoms with Gasteiger partial charge in [-0.3, -0.25) is 4.79 Å². The maximum atomic E-state index is 12.4. The summed E-state index contributed by atoms with van der Waals surface area (Å²) in [6.45, 7) is 1.18. The van der Waals surface area contributed by atoms with E-state index in [-0.39, 0.29) is 43.1 Å². The lowest BCUT2D eigenvalue weighted by atomic mass is 10.0. The van der Waals surface area contributed by atoms with Crippen molar-refractivity contribution >= 4 is 18.3 Å². The molecule has 1 aliphatic heterocycles. The second-order valence-electron chi connectivity index (χ2n) is 5.09. The van der Waals surface area contributed by atoms with Crippen LogP contribution < -0.4 is 15.4 Å². The van der Waals surface area contributed by atoms with Crippen molar-refractivity contribution in [2.24, 2.45) is 5.92 Å². The minimum absolute atomic E-state index is 0. The summed E-state index contributed by atoms with van der Waals surface area (Å²) in [5, 5.41) is 15.2. The lowest BCUT2D eigenvalue weighted by Gasteiger charge is -2.26. The van der Waals surface area contributed by atoms with Gasteiger partial charge in [-0.05, 0) is 24.3 Å². The van der Waals surface area contributed by atoms with Gasteiger partial charge < -0.3 is 20.5 Å². The second kappa shape index (κ2) is 8.37. The Kier molecular flexibility index (Phi) is 7.11. The molecule has 0 aromatic heterocycles. The van der Waals surface area contributed by atoms with Crippen molar-refractivity contribution in [1.82, 2.24) is 10.6 Å². The smallest absolute Gasteiger partial charge is 0.416 e. The highest BCUT2D eigenvalue weighted by Gasteiger charge is 2.30. The highest BCUT2D eigenvalue weighted by atomic mass is 35.5. The van der Waals surface area contributed by atoms with Crippen LogP contribution in [0.2, 0.25) is 0 Å². The van der Waals surface area contributed by atoms with Gasteiger partial charge in [0.15, 0.2) is 0 Å². The Bertz CT molecular complexity index is 507. The van der Waals surface area contributed by atoms with Gasteiger partial charge >= 0.3 is 6.18 Å². The van der Waals surface area contributed by atoms with Gasteiger partial charge in [0.05, 0.1) is 11.5 Å². The number of carbonyl (C=O) groups is 1. The molecule has 23 heavy (non-hydrogen) atoms. The van der Waals surface area contributed by atoms with Crippen LogP contribution in [0.15, 0.2) is 24.3 Å². The molecule has 0 spiro atoms. The highest BCUT2D eigenvalue weighted by Crippen LogP contribution is 2.30. The number of alkyl halides is 3. The molecule has 1 aliphatic rings. The fraction of sp³-hybridized carbons (Fsp3) is 0.500.